The van der Waals surface area contributed by atoms with Crippen molar-refractivity contribution in [2.24, 2.45) is 7.05 Å². The van der Waals surface area contributed by atoms with Crippen LogP contribution in [0.15, 0.2) is 53.3 Å². The number of hydrogen-bond acceptors (Lipinski definition) is 5. The van der Waals surface area contributed by atoms with Crippen molar-refractivity contribution in [3.8, 4) is 5.75 Å². The zero-order valence-corrected chi connectivity index (χ0v) is 21.4. The lowest BCUT2D eigenvalue weighted by atomic mass is 9.95. The number of amides is 2. The van der Waals surface area contributed by atoms with Gasteiger partial charge in [-0.3, -0.25) is 14.4 Å². The van der Waals surface area contributed by atoms with Crippen molar-refractivity contribution >= 4 is 22.6 Å². The first-order chi connectivity index (χ1) is 18.0. The van der Waals surface area contributed by atoms with Gasteiger partial charge in [0.2, 0.25) is 5.91 Å². The van der Waals surface area contributed by atoms with Crippen LogP contribution in [0.4, 0.5) is 0 Å². The largest absolute Gasteiger partial charge is 0.492 e. The number of ether oxygens (including phenoxy) is 1. The number of rotatable bonds is 1. The van der Waals surface area contributed by atoms with E-state index in [1.54, 1.807) is 36.2 Å². The van der Waals surface area contributed by atoms with E-state index in [2.05, 4.69) is 22.1 Å². The Morgan fingerprint density at radius 1 is 0.919 bits per heavy atom. The van der Waals surface area contributed by atoms with Crippen molar-refractivity contribution < 1.29 is 14.3 Å². The summed E-state index contributed by atoms with van der Waals surface area (Å²) in [4.78, 5) is 43.3. The van der Waals surface area contributed by atoms with Crippen LogP contribution in [0.2, 0.25) is 0 Å². The van der Waals surface area contributed by atoms with Gasteiger partial charge in [0.25, 0.3) is 11.5 Å². The van der Waals surface area contributed by atoms with Crippen LogP contribution in [-0.4, -0.2) is 63.7 Å². The van der Waals surface area contributed by atoms with Gasteiger partial charge in [0.05, 0.1) is 11.9 Å². The summed E-state index contributed by atoms with van der Waals surface area (Å²) in [6, 6.07) is 15.4. The fourth-order valence-electron chi connectivity index (χ4n) is 5.51. The Morgan fingerprint density at radius 2 is 1.76 bits per heavy atom. The van der Waals surface area contributed by atoms with E-state index < -0.39 is 0 Å². The molecule has 0 radical (unpaired) electrons. The van der Waals surface area contributed by atoms with E-state index in [1.807, 2.05) is 12.1 Å². The Hall–Kier alpha value is -3.68. The van der Waals surface area contributed by atoms with E-state index in [0.29, 0.717) is 43.3 Å². The molecule has 1 aromatic heterocycles. The Kier molecular flexibility index (Phi) is 7.53. The zero-order valence-electron chi connectivity index (χ0n) is 21.4. The van der Waals surface area contributed by atoms with Gasteiger partial charge in [0.15, 0.2) is 5.69 Å². The first-order valence-electron chi connectivity index (χ1n) is 13.3. The molecule has 37 heavy (non-hydrogen) atoms. The third-order valence-electron chi connectivity index (χ3n) is 7.51. The van der Waals surface area contributed by atoms with Crippen molar-refractivity contribution in [1.82, 2.24) is 19.6 Å². The molecule has 1 unspecified atom stereocenters. The van der Waals surface area contributed by atoms with E-state index in [0.717, 1.165) is 44.4 Å². The predicted molar refractivity (Wildman–Crippen MR) is 142 cm³/mol. The summed E-state index contributed by atoms with van der Waals surface area (Å²) in [5, 5.41) is 5.33. The highest BCUT2D eigenvalue weighted by molar-refractivity contribution is 6.04. The third kappa shape index (κ3) is 5.53. The van der Waals surface area contributed by atoms with Crippen LogP contribution in [0.5, 0.6) is 5.75 Å². The number of aryl methyl sites for hydroxylation is 2. The summed E-state index contributed by atoms with van der Waals surface area (Å²) in [5.41, 5.74) is 1.19. The number of nitrogens with zero attached hydrogens (tertiary/aromatic N) is 4. The fraction of sp³-hybridized carbons (Fsp3) is 0.448. The predicted octanol–water partition coefficient (Wildman–Crippen LogP) is 3.56. The minimum Gasteiger partial charge on any atom is -0.492 e. The van der Waals surface area contributed by atoms with Gasteiger partial charge >= 0.3 is 0 Å². The molecular formula is C29H34N4O4. The summed E-state index contributed by atoms with van der Waals surface area (Å²) < 4.78 is 7.26. The first kappa shape index (κ1) is 25.0. The lowest BCUT2D eigenvalue weighted by Crippen LogP contribution is -2.44. The minimum absolute atomic E-state index is 0.169. The van der Waals surface area contributed by atoms with Crippen molar-refractivity contribution in [2.75, 3.05) is 26.2 Å². The van der Waals surface area contributed by atoms with Crippen molar-refractivity contribution in [3.05, 3.63) is 70.1 Å². The molecule has 1 fully saturated rings. The van der Waals surface area contributed by atoms with E-state index in [-0.39, 0.29) is 29.1 Å². The summed E-state index contributed by atoms with van der Waals surface area (Å²) in [7, 11) is 1.56. The maximum Gasteiger partial charge on any atom is 0.275 e. The van der Waals surface area contributed by atoms with Crippen LogP contribution in [0.25, 0.3) is 10.8 Å². The average molecular weight is 503 g/mol. The Bertz CT molecular complexity index is 1350. The second kappa shape index (κ2) is 11.2. The van der Waals surface area contributed by atoms with E-state index >= 15 is 0 Å². The second-order valence-electron chi connectivity index (χ2n) is 9.99. The molecule has 2 amide bonds. The van der Waals surface area contributed by atoms with Crippen LogP contribution < -0.4 is 10.3 Å². The minimum atomic E-state index is -0.267. The van der Waals surface area contributed by atoms with Gasteiger partial charge < -0.3 is 14.5 Å². The number of aromatic nitrogens is 2. The van der Waals surface area contributed by atoms with Crippen molar-refractivity contribution in [1.29, 1.82) is 0 Å². The van der Waals surface area contributed by atoms with Gasteiger partial charge in [-0.15, -0.1) is 0 Å². The number of hydrogen-bond donors (Lipinski definition) is 0. The molecule has 2 bridgehead atoms. The first-order valence-corrected chi connectivity index (χ1v) is 13.3. The van der Waals surface area contributed by atoms with Crippen LogP contribution in [0, 0.1) is 0 Å². The van der Waals surface area contributed by atoms with E-state index in [4.69, 9.17) is 4.74 Å². The van der Waals surface area contributed by atoms with E-state index in [9.17, 15) is 14.4 Å². The monoisotopic (exact) mass is 502 g/mol. The third-order valence-corrected chi connectivity index (χ3v) is 7.51. The van der Waals surface area contributed by atoms with Crippen molar-refractivity contribution in [3.63, 3.8) is 0 Å². The van der Waals surface area contributed by atoms with Crippen LogP contribution >= 0.6 is 0 Å². The maximum absolute atomic E-state index is 13.8. The van der Waals surface area contributed by atoms with Crippen LogP contribution in [0.1, 0.15) is 54.6 Å². The highest BCUT2D eigenvalue weighted by Crippen LogP contribution is 2.24. The standard InChI is InChI=1S/C29H34N4O4/c1-31-28(35)25-12-3-2-11-24(25)27(30-31)29(36)32-16-7-13-26(34)33-17-5-4-9-22(33)15-14-21-8-6-10-23(20-21)37-19-18-32/h2-3,6,8,10-12,20,22H,4-5,7,9,13-19H2,1H3. The van der Waals surface area contributed by atoms with E-state index in [1.165, 1.54) is 10.2 Å². The van der Waals surface area contributed by atoms with Gasteiger partial charge in [-0.2, -0.15) is 5.10 Å². The SMILES string of the molecule is Cn1nc(C(=O)N2CCCC(=O)N3CCCCC3CCc3cccc(c3)OCC2)c2ccccc2c1=O. The van der Waals surface area contributed by atoms with Gasteiger partial charge in [-0.05, 0) is 62.3 Å². The molecule has 8 heteroatoms. The summed E-state index contributed by atoms with van der Waals surface area (Å²) in [6.07, 6.45) is 6.05. The molecule has 0 aliphatic carbocycles. The number of benzene rings is 2. The molecule has 5 rings (SSSR count). The molecule has 194 valence electrons. The van der Waals surface area contributed by atoms with Gasteiger partial charge in [-0.1, -0.05) is 30.3 Å². The summed E-state index contributed by atoms with van der Waals surface area (Å²) >= 11 is 0. The molecule has 0 N–H and O–H groups in total. The van der Waals surface area contributed by atoms with Gasteiger partial charge in [0.1, 0.15) is 12.4 Å². The number of carbonyl (C=O) groups excluding carboxylic acids is 2. The Morgan fingerprint density at radius 3 is 2.62 bits per heavy atom. The molecule has 1 atom stereocenters. The molecule has 2 aliphatic heterocycles. The lowest BCUT2D eigenvalue weighted by Gasteiger charge is -2.36. The highest BCUT2D eigenvalue weighted by Gasteiger charge is 2.27. The molecule has 0 saturated carbocycles. The molecule has 8 nitrogen and oxygen atoms in total. The highest BCUT2D eigenvalue weighted by atomic mass is 16.5. The number of fused-ring (bicyclic) bond motifs is 4. The van der Waals surface area contributed by atoms with Crippen LogP contribution in [-0.2, 0) is 18.3 Å². The molecule has 2 aromatic carbocycles. The molecule has 2 aliphatic rings. The van der Waals surface area contributed by atoms with Crippen molar-refractivity contribution in [2.45, 2.75) is 51.0 Å². The molecule has 3 aromatic rings. The molecular weight excluding hydrogens is 468 g/mol. The smallest absolute Gasteiger partial charge is 0.275 e. The Balaban J connectivity index is 1.43. The number of carbonyl (C=O) groups is 2. The summed E-state index contributed by atoms with van der Waals surface area (Å²) in [5.74, 6) is 0.682. The van der Waals surface area contributed by atoms with Gasteiger partial charge in [0, 0.05) is 38.0 Å². The summed E-state index contributed by atoms with van der Waals surface area (Å²) in [6.45, 7) is 1.89. The Labute approximate surface area is 216 Å². The quantitative estimate of drug-likeness (QED) is 0.508. The topological polar surface area (TPSA) is 84.7 Å². The fourth-order valence-corrected chi connectivity index (χ4v) is 5.51. The second-order valence-corrected chi connectivity index (χ2v) is 9.99. The molecule has 1 saturated heterocycles. The normalized spacial score (nSPS) is 19.5. The maximum atomic E-state index is 13.8. The zero-order chi connectivity index (χ0) is 25.8. The number of piperidine rings is 1. The average Bonchev–Trinajstić information content (AvgIpc) is 2.93. The van der Waals surface area contributed by atoms with Crippen LogP contribution in [0.3, 0.4) is 0 Å². The molecule has 0 spiro atoms. The molecule has 3 heterocycles. The lowest BCUT2D eigenvalue weighted by molar-refractivity contribution is -0.135. The van der Waals surface area contributed by atoms with Gasteiger partial charge in [-0.25, -0.2) is 4.68 Å².